The number of rotatable bonds is 4. The molecule has 2 fully saturated rings. The lowest BCUT2D eigenvalue weighted by atomic mass is 10.2. The van der Waals surface area contributed by atoms with Crippen molar-refractivity contribution in [3.8, 4) is 0 Å². The fraction of sp³-hybridized carbons (Fsp3) is 0.692. The number of aromatic nitrogens is 5. The predicted molar refractivity (Wildman–Crippen MR) is 80.0 cm³/mol. The Morgan fingerprint density at radius 3 is 2.91 bits per heavy atom. The van der Waals surface area contributed by atoms with Crippen molar-refractivity contribution in [2.45, 2.75) is 18.9 Å². The Bertz CT molecular complexity index is 634. The highest BCUT2D eigenvalue weighted by Crippen LogP contribution is 2.23. The van der Waals surface area contributed by atoms with Crippen LogP contribution in [0.4, 0.5) is 11.8 Å². The van der Waals surface area contributed by atoms with Crippen molar-refractivity contribution in [2.24, 2.45) is 0 Å². The molecule has 0 spiro atoms. The zero-order chi connectivity index (χ0) is 14.8. The van der Waals surface area contributed by atoms with E-state index in [1.54, 1.807) is 0 Å². The third kappa shape index (κ3) is 2.69. The standard InChI is InChI=1S/C13H19N7O2/c1-2-9(22-5-1)8-14-13-15-11-10(17-19-18-11)12(16-13)20-3-6-21-7-4-20/h9H,1-8H2,(H2,14,15,16,17,18,19)/t9-/m0/s1. The molecule has 2 aromatic rings. The topological polar surface area (TPSA) is 101 Å². The maximum atomic E-state index is 5.61. The summed E-state index contributed by atoms with van der Waals surface area (Å²) in [5, 5.41) is 14.2. The second-order valence-corrected chi connectivity index (χ2v) is 5.48. The second-order valence-electron chi connectivity index (χ2n) is 5.48. The molecule has 2 saturated heterocycles. The summed E-state index contributed by atoms with van der Waals surface area (Å²) in [6, 6.07) is 0. The van der Waals surface area contributed by atoms with E-state index in [0.717, 1.165) is 38.4 Å². The van der Waals surface area contributed by atoms with E-state index < -0.39 is 0 Å². The molecule has 4 heterocycles. The molecule has 0 bridgehead atoms. The molecule has 2 aliphatic rings. The van der Waals surface area contributed by atoms with Crippen molar-refractivity contribution in [1.82, 2.24) is 25.4 Å². The van der Waals surface area contributed by atoms with Crippen LogP contribution in [0.1, 0.15) is 12.8 Å². The van der Waals surface area contributed by atoms with Gasteiger partial charge in [-0.25, -0.2) is 0 Å². The average molecular weight is 305 g/mol. The molecule has 0 unspecified atom stereocenters. The molecular weight excluding hydrogens is 286 g/mol. The summed E-state index contributed by atoms with van der Waals surface area (Å²) in [4.78, 5) is 11.2. The highest BCUT2D eigenvalue weighted by Gasteiger charge is 2.21. The lowest BCUT2D eigenvalue weighted by Gasteiger charge is -2.27. The molecule has 9 heteroatoms. The summed E-state index contributed by atoms with van der Waals surface area (Å²) in [5.74, 6) is 1.37. The van der Waals surface area contributed by atoms with Crippen molar-refractivity contribution >= 4 is 22.9 Å². The SMILES string of the molecule is C1CO[C@H](CNc2nc(N3CCOCC3)c3n[nH]nc3n2)C1. The Kier molecular flexibility index (Phi) is 3.73. The minimum Gasteiger partial charge on any atom is -0.378 e. The van der Waals surface area contributed by atoms with E-state index in [1.807, 2.05) is 0 Å². The van der Waals surface area contributed by atoms with Gasteiger partial charge in [0, 0.05) is 26.2 Å². The van der Waals surface area contributed by atoms with Crippen LogP contribution in [0.2, 0.25) is 0 Å². The van der Waals surface area contributed by atoms with E-state index >= 15 is 0 Å². The molecule has 1 atom stereocenters. The molecule has 0 radical (unpaired) electrons. The van der Waals surface area contributed by atoms with E-state index in [-0.39, 0.29) is 6.10 Å². The number of aromatic amines is 1. The number of nitrogens with one attached hydrogen (secondary N) is 2. The Labute approximate surface area is 127 Å². The number of anilines is 2. The first-order valence-corrected chi connectivity index (χ1v) is 7.67. The molecule has 0 aliphatic carbocycles. The van der Waals surface area contributed by atoms with E-state index in [9.17, 15) is 0 Å². The number of fused-ring (bicyclic) bond motifs is 1. The Hall–Kier alpha value is -2.00. The fourth-order valence-corrected chi connectivity index (χ4v) is 2.82. The zero-order valence-electron chi connectivity index (χ0n) is 12.3. The van der Waals surface area contributed by atoms with Crippen molar-refractivity contribution in [2.75, 3.05) is 49.7 Å². The van der Waals surface area contributed by atoms with Gasteiger partial charge in [-0.2, -0.15) is 20.3 Å². The van der Waals surface area contributed by atoms with Crippen LogP contribution < -0.4 is 10.2 Å². The molecule has 118 valence electrons. The number of hydrogen-bond donors (Lipinski definition) is 2. The Morgan fingerprint density at radius 2 is 2.09 bits per heavy atom. The molecule has 2 aromatic heterocycles. The number of ether oxygens (including phenoxy) is 2. The van der Waals surface area contributed by atoms with E-state index in [2.05, 4.69) is 35.6 Å². The number of nitrogens with zero attached hydrogens (tertiary/aromatic N) is 5. The van der Waals surface area contributed by atoms with Crippen LogP contribution in [0.5, 0.6) is 0 Å². The summed E-state index contributed by atoms with van der Waals surface area (Å²) < 4.78 is 11.0. The van der Waals surface area contributed by atoms with Gasteiger partial charge in [-0.1, -0.05) is 0 Å². The summed E-state index contributed by atoms with van der Waals surface area (Å²) in [6.07, 6.45) is 2.44. The number of morpholine rings is 1. The van der Waals surface area contributed by atoms with E-state index in [1.165, 1.54) is 0 Å². The first-order valence-electron chi connectivity index (χ1n) is 7.67. The molecule has 2 aliphatic heterocycles. The fourth-order valence-electron chi connectivity index (χ4n) is 2.82. The molecule has 9 nitrogen and oxygen atoms in total. The van der Waals surface area contributed by atoms with Gasteiger partial charge in [-0.05, 0) is 12.8 Å². The van der Waals surface area contributed by atoms with Crippen molar-refractivity contribution in [3.63, 3.8) is 0 Å². The molecular formula is C13H19N7O2. The van der Waals surface area contributed by atoms with Gasteiger partial charge in [0.15, 0.2) is 11.3 Å². The van der Waals surface area contributed by atoms with Crippen molar-refractivity contribution in [3.05, 3.63) is 0 Å². The highest BCUT2D eigenvalue weighted by molar-refractivity contribution is 5.83. The van der Waals surface area contributed by atoms with Gasteiger partial charge in [-0.15, -0.1) is 5.10 Å². The quantitative estimate of drug-likeness (QED) is 0.824. The molecule has 0 saturated carbocycles. The Morgan fingerprint density at radius 1 is 1.18 bits per heavy atom. The van der Waals surface area contributed by atoms with Crippen LogP contribution in [0.15, 0.2) is 0 Å². The largest absolute Gasteiger partial charge is 0.378 e. The summed E-state index contributed by atoms with van der Waals surface area (Å²) >= 11 is 0. The first-order chi connectivity index (χ1) is 10.9. The van der Waals surface area contributed by atoms with Gasteiger partial charge in [-0.3, -0.25) is 0 Å². The van der Waals surface area contributed by atoms with Crippen LogP contribution >= 0.6 is 0 Å². The predicted octanol–water partition coefficient (Wildman–Crippen LogP) is 0.175. The van der Waals surface area contributed by atoms with Crippen molar-refractivity contribution < 1.29 is 9.47 Å². The molecule has 0 aromatic carbocycles. The third-order valence-electron chi connectivity index (χ3n) is 3.99. The molecule has 4 rings (SSSR count). The van der Waals surface area contributed by atoms with Gasteiger partial charge in [0.2, 0.25) is 11.6 Å². The second kappa shape index (κ2) is 6.01. The van der Waals surface area contributed by atoms with Crippen LogP contribution in [0.25, 0.3) is 11.2 Å². The van der Waals surface area contributed by atoms with Gasteiger partial charge in [0.25, 0.3) is 0 Å². The molecule has 22 heavy (non-hydrogen) atoms. The van der Waals surface area contributed by atoms with E-state index in [0.29, 0.717) is 36.9 Å². The van der Waals surface area contributed by atoms with Gasteiger partial charge >= 0.3 is 0 Å². The molecule has 0 amide bonds. The minimum atomic E-state index is 0.239. The maximum Gasteiger partial charge on any atom is 0.227 e. The third-order valence-corrected chi connectivity index (χ3v) is 3.99. The lowest BCUT2D eigenvalue weighted by molar-refractivity contribution is 0.120. The van der Waals surface area contributed by atoms with Crippen LogP contribution in [0.3, 0.4) is 0 Å². The van der Waals surface area contributed by atoms with Gasteiger partial charge < -0.3 is 19.7 Å². The average Bonchev–Trinajstić information content (AvgIpc) is 3.24. The summed E-state index contributed by atoms with van der Waals surface area (Å²) in [6.45, 7) is 4.54. The van der Waals surface area contributed by atoms with Crippen LogP contribution in [-0.2, 0) is 9.47 Å². The van der Waals surface area contributed by atoms with Gasteiger partial charge in [0.05, 0.1) is 19.3 Å². The minimum absolute atomic E-state index is 0.239. The van der Waals surface area contributed by atoms with E-state index in [4.69, 9.17) is 9.47 Å². The summed E-state index contributed by atoms with van der Waals surface area (Å²) in [5.41, 5.74) is 1.27. The number of hydrogen-bond acceptors (Lipinski definition) is 8. The van der Waals surface area contributed by atoms with Crippen LogP contribution in [-0.4, -0.2) is 70.9 Å². The molecule has 2 N–H and O–H groups in total. The Balaban J connectivity index is 1.58. The van der Waals surface area contributed by atoms with Crippen LogP contribution in [0, 0.1) is 0 Å². The lowest BCUT2D eigenvalue weighted by Crippen LogP contribution is -2.37. The monoisotopic (exact) mass is 305 g/mol. The summed E-state index contributed by atoms with van der Waals surface area (Å²) in [7, 11) is 0. The zero-order valence-corrected chi connectivity index (χ0v) is 12.3. The van der Waals surface area contributed by atoms with Crippen molar-refractivity contribution in [1.29, 1.82) is 0 Å². The smallest absolute Gasteiger partial charge is 0.227 e. The normalized spacial score (nSPS) is 22.4. The maximum absolute atomic E-state index is 5.61. The number of H-pyrrole nitrogens is 1. The first kappa shape index (κ1) is 13.6. The highest BCUT2D eigenvalue weighted by atomic mass is 16.5. The van der Waals surface area contributed by atoms with Gasteiger partial charge in [0.1, 0.15) is 0 Å².